The molecule has 0 bridgehead atoms. The summed E-state index contributed by atoms with van der Waals surface area (Å²) in [5.74, 6) is -2.91. The van der Waals surface area contributed by atoms with Crippen LogP contribution in [0.25, 0.3) is 0 Å². The maximum Gasteiger partial charge on any atom is 0.257 e. The molecule has 1 amide bonds. The first kappa shape index (κ1) is 15.7. The summed E-state index contributed by atoms with van der Waals surface area (Å²) in [6.45, 7) is 3.65. The Kier molecular flexibility index (Phi) is 4.49. The number of benzene rings is 2. The highest BCUT2D eigenvalue weighted by atomic mass is 35.5. The van der Waals surface area contributed by atoms with Crippen LogP contribution in [0.1, 0.15) is 21.5 Å². The Morgan fingerprint density at radius 2 is 1.62 bits per heavy atom. The Morgan fingerprint density at radius 3 is 2.24 bits per heavy atom. The van der Waals surface area contributed by atoms with Gasteiger partial charge in [0.05, 0.1) is 21.3 Å². The lowest BCUT2D eigenvalue weighted by molar-refractivity contribution is 0.102. The minimum Gasteiger partial charge on any atom is -0.320 e. The summed E-state index contributed by atoms with van der Waals surface area (Å²) in [6.07, 6.45) is 0. The largest absolute Gasteiger partial charge is 0.320 e. The fourth-order valence-corrected chi connectivity index (χ4v) is 2.56. The van der Waals surface area contributed by atoms with Crippen molar-refractivity contribution in [2.24, 2.45) is 0 Å². The van der Waals surface area contributed by atoms with Gasteiger partial charge in [0, 0.05) is 0 Å². The van der Waals surface area contributed by atoms with Gasteiger partial charge in [-0.05, 0) is 43.2 Å². The van der Waals surface area contributed by atoms with E-state index in [2.05, 4.69) is 5.32 Å². The molecule has 0 aliphatic heterocycles. The second kappa shape index (κ2) is 6.00. The molecule has 21 heavy (non-hydrogen) atoms. The molecule has 0 heterocycles. The van der Waals surface area contributed by atoms with E-state index in [0.717, 1.165) is 23.3 Å². The number of hydrogen-bond donors (Lipinski definition) is 1. The van der Waals surface area contributed by atoms with Gasteiger partial charge in [-0.25, -0.2) is 8.78 Å². The molecule has 0 radical (unpaired) electrons. The molecule has 0 saturated heterocycles. The molecule has 2 rings (SSSR count). The Balaban J connectivity index is 2.37. The van der Waals surface area contributed by atoms with Crippen molar-refractivity contribution in [1.82, 2.24) is 0 Å². The quantitative estimate of drug-likeness (QED) is 0.759. The standard InChI is InChI=1S/C15H11Cl2F2NO/c1-7-3-8(2)14(11(17)4-7)20-15(21)9-5-12(18)13(19)6-10(9)16/h3-6H,1-2H3,(H,20,21). The average molecular weight is 330 g/mol. The molecule has 2 aromatic rings. The van der Waals surface area contributed by atoms with Crippen molar-refractivity contribution < 1.29 is 13.6 Å². The van der Waals surface area contributed by atoms with Gasteiger partial charge in [0.1, 0.15) is 0 Å². The fourth-order valence-electron chi connectivity index (χ4n) is 1.95. The predicted molar refractivity (Wildman–Crippen MR) is 80.2 cm³/mol. The molecule has 1 N–H and O–H groups in total. The van der Waals surface area contributed by atoms with Crippen LogP contribution in [0.5, 0.6) is 0 Å². The summed E-state index contributed by atoms with van der Waals surface area (Å²) >= 11 is 11.8. The monoisotopic (exact) mass is 329 g/mol. The Morgan fingerprint density at radius 1 is 1.00 bits per heavy atom. The van der Waals surface area contributed by atoms with E-state index in [1.54, 1.807) is 13.0 Å². The number of aryl methyl sites for hydroxylation is 2. The SMILES string of the molecule is Cc1cc(C)c(NC(=O)c2cc(F)c(F)cc2Cl)c(Cl)c1. The molecule has 0 spiro atoms. The van der Waals surface area contributed by atoms with Crippen LogP contribution >= 0.6 is 23.2 Å². The van der Waals surface area contributed by atoms with Crippen molar-refractivity contribution in [3.05, 3.63) is 62.6 Å². The molecule has 2 aromatic carbocycles. The normalized spacial score (nSPS) is 10.6. The van der Waals surface area contributed by atoms with E-state index in [-0.39, 0.29) is 10.6 Å². The lowest BCUT2D eigenvalue weighted by Crippen LogP contribution is -2.14. The van der Waals surface area contributed by atoms with Gasteiger partial charge in [0.25, 0.3) is 5.91 Å². The molecule has 0 aromatic heterocycles. The number of amides is 1. The van der Waals surface area contributed by atoms with Crippen molar-refractivity contribution in [2.45, 2.75) is 13.8 Å². The van der Waals surface area contributed by atoms with Gasteiger partial charge in [-0.15, -0.1) is 0 Å². The average Bonchev–Trinajstić information content (AvgIpc) is 2.37. The first-order valence-corrected chi connectivity index (χ1v) is 6.78. The predicted octanol–water partition coefficient (Wildman–Crippen LogP) is 5.14. The molecule has 0 fully saturated rings. The van der Waals surface area contributed by atoms with Gasteiger partial charge < -0.3 is 5.32 Å². The lowest BCUT2D eigenvalue weighted by atomic mass is 10.1. The van der Waals surface area contributed by atoms with Gasteiger partial charge in [-0.1, -0.05) is 29.3 Å². The van der Waals surface area contributed by atoms with Crippen molar-refractivity contribution in [2.75, 3.05) is 5.32 Å². The van der Waals surface area contributed by atoms with Crippen LogP contribution in [0.4, 0.5) is 14.5 Å². The number of halogens is 4. The topological polar surface area (TPSA) is 29.1 Å². The second-order valence-electron chi connectivity index (χ2n) is 4.64. The van der Waals surface area contributed by atoms with E-state index >= 15 is 0 Å². The molecule has 110 valence electrons. The molecular weight excluding hydrogens is 319 g/mol. The van der Waals surface area contributed by atoms with Crippen LogP contribution in [0, 0.1) is 25.5 Å². The third-order valence-corrected chi connectivity index (χ3v) is 3.54. The van der Waals surface area contributed by atoms with Gasteiger partial charge in [-0.2, -0.15) is 0 Å². The highest BCUT2D eigenvalue weighted by Gasteiger charge is 2.17. The van der Waals surface area contributed by atoms with Gasteiger partial charge in [-0.3, -0.25) is 4.79 Å². The van der Waals surface area contributed by atoms with Gasteiger partial charge in [0.2, 0.25) is 0 Å². The molecule has 6 heteroatoms. The summed E-state index contributed by atoms with van der Waals surface area (Å²) in [7, 11) is 0. The summed E-state index contributed by atoms with van der Waals surface area (Å²) in [5.41, 5.74) is 1.95. The number of carbonyl (C=O) groups is 1. The number of nitrogens with one attached hydrogen (secondary N) is 1. The smallest absolute Gasteiger partial charge is 0.257 e. The van der Waals surface area contributed by atoms with E-state index in [1.807, 2.05) is 13.0 Å². The minimum absolute atomic E-state index is 0.161. The third kappa shape index (κ3) is 3.34. The minimum atomic E-state index is -1.14. The van der Waals surface area contributed by atoms with Gasteiger partial charge in [0.15, 0.2) is 11.6 Å². The Bertz CT molecular complexity index is 709. The zero-order chi connectivity index (χ0) is 15.7. The highest BCUT2D eigenvalue weighted by Crippen LogP contribution is 2.29. The molecule has 0 aliphatic rings. The van der Waals surface area contributed by atoms with Crippen molar-refractivity contribution >= 4 is 34.8 Å². The van der Waals surface area contributed by atoms with E-state index in [0.29, 0.717) is 10.7 Å². The molecule has 0 atom stereocenters. The summed E-state index contributed by atoms with van der Waals surface area (Å²) in [5, 5.41) is 2.75. The molecule has 2 nitrogen and oxygen atoms in total. The molecule has 0 unspecified atom stereocenters. The molecular formula is C15H11Cl2F2NO. The van der Waals surface area contributed by atoms with Crippen LogP contribution in [0.3, 0.4) is 0 Å². The van der Waals surface area contributed by atoms with Crippen molar-refractivity contribution in [3.63, 3.8) is 0 Å². The van der Waals surface area contributed by atoms with Crippen LogP contribution in [-0.4, -0.2) is 5.91 Å². The van der Waals surface area contributed by atoms with Crippen LogP contribution in [0.2, 0.25) is 10.0 Å². The maximum atomic E-state index is 13.2. The van der Waals surface area contributed by atoms with E-state index < -0.39 is 17.5 Å². The van der Waals surface area contributed by atoms with Crippen LogP contribution < -0.4 is 5.32 Å². The molecule has 0 saturated carbocycles. The summed E-state index contributed by atoms with van der Waals surface area (Å²) in [4.78, 5) is 12.1. The molecule has 0 aliphatic carbocycles. The zero-order valence-electron chi connectivity index (χ0n) is 11.2. The zero-order valence-corrected chi connectivity index (χ0v) is 12.7. The second-order valence-corrected chi connectivity index (χ2v) is 5.45. The van der Waals surface area contributed by atoms with E-state index in [9.17, 15) is 13.6 Å². The van der Waals surface area contributed by atoms with E-state index in [4.69, 9.17) is 23.2 Å². The number of hydrogen-bond acceptors (Lipinski definition) is 1. The number of carbonyl (C=O) groups excluding carboxylic acids is 1. The van der Waals surface area contributed by atoms with Crippen molar-refractivity contribution in [1.29, 1.82) is 0 Å². The van der Waals surface area contributed by atoms with Crippen LogP contribution in [0.15, 0.2) is 24.3 Å². The summed E-state index contributed by atoms with van der Waals surface area (Å²) in [6, 6.07) is 5.05. The number of anilines is 1. The Labute approximate surface area is 130 Å². The van der Waals surface area contributed by atoms with Crippen LogP contribution in [-0.2, 0) is 0 Å². The first-order chi connectivity index (χ1) is 9.79. The Hall–Kier alpha value is -1.65. The van der Waals surface area contributed by atoms with Gasteiger partial charge >= 0.3 is 0 Å². The van der Waals surface area contributed by atoms with Crippen molar-refractivity contribution in [3.8, 4) is 0 Å². The number of rotatable bonds is 2. The van der Waals surface area contributed by atoms with E-state index in [1.165, 1.54) is 0 Å². The third-order valence-electron chi connectivity index (χ3n) is 2.92. The highest BCUT2D eigenvalue weighted by molar-refractivity contribution is 6.36. The fraction of sp³-hybridized carbons (Fsp3) is 0.133. The first-order valence-electron chi connectivity index (χ1n) is 6.02. The lowest BCUT2D eigenvalue weighted by Gasteiger charge is -2.12. The summed E-state index contributed by atoms with van der Waals surface area (Å²) < 4.78 is 26.2. The maximum absolute atomic E-state index is 13.2.